The molecule has 0 aromatic carbocycles. The van der Waals surface area contributed by atoms with Gasteiger partial charge in [0.15, 0.2) is 0 Å². The molecular formula is C9H12BrNO3. The fraction of sp³-hybridized carbons (Fsp3) is 0.444. The normalized spacial score (nSPS) is 12.9. The fourth-order valence-electron chi connectivity index (χ4n) is 1.31. The van der Waals surface area contributed by atoms with E-state index in [9.17, 15) is 4.79 Å². The van der Waals surface area contributed by atoms with E-state index in [0.717, 1.165) is 10.0 Å². The minimum Gasteiger partial charge on any atom is -0.481 e. The molecule has 3 N–H and O–H groups in total. The summed E-state index contributed by atoms with van der Waals surface area (Å²) in [6, 6.07) is 0. The summed E-state index contributed by atoms with van der Waals surface area (Å²) in [4.78, 5) is 10.8. The Morgan fingerprint density at radius 2 is 2.21 bits per heavy atom. The van der Waals surface area contributed by atoms with Gasteiger partial charge in [-0.1, -0.05) is 0 Å². The number of hydrogen-bond acceptors (Lipinski definition) is 3. The van der Waals surface area contributed by atoms with E-state index >= 15 is 0 Å². The van der Waals surface area contributed by atoms with Gasteiger partial charge in [-0.3, -0.25) is 4.79 Å². The SMILES string of the molecule is Cc1oc(C(CN)C(=O)O)c(C)c1Br. The summed E-state index contributed by atoms with van der Waals surface area (Å²) in [6.45, 7) is 3.62. The number of carbonyl (C=O) groups is 1. The van der Waals surface area contributed by atoms with Gasteiger partial charge in [0.2, 0.25) is 0 Å². The second-order valence-electron chi connectivity index (χ2n) is 3.09. The van der Waals surface area contributed by atoms with Crippen LogP contribution >= 0.6 is 15.9 Å². The minimum atomic E-state index is -0.961. The zero-order chi connectivity index (χ0) is 10.9. The third kappa shape index (κ3) is 1.83. The number of halogens is 1. The van der Waals surface area contributed by atoms with Crippen LogP contribution in [-0.2, 0) is 4.79 Å². The maximum atomic E-state index is 10.8. The van der Waals surface area contributed by atoms with Crippen molar-refractivity contribution in [3.8, 4) is 0 Å². The Labute approximate surface area is 90.2 Å². The molecule has 78 valence electrons. The first-order valence-corrected chi connectivity index (χ1v) is 4.96. The molecule has 0 saturated carbocycles. The van der Waals surface area contributed by atoms with Gasteiger partial charge >= 0.3 is 5.97 Å². The maximum absolute atomic E-state index is 10.8. The van der Waals surface area contributed by atoms with Gasteiger partial charge in [-0.25, -0.2) is 0 Å². The van der Waals surface area contributed by atoms with E-state index in [1.165, 1.54) is 0 Å². The first kappa shape index (κ1) is 11.3. The Kier molecular flexibility index (Phi) is 3.34. The molecule has 0 saturated heterocycles. The fourth-order valence-corrected chi connectivity index (χ4v) is 1.59. The van der Waals surface area contributed by atoms with Crippen molar-refractivity contribution < 1.29 is 14.3 Å². The minimum absolute atomic E-state index is 0.0373. The molecule has 1 atom stereocenters. The van der Waals surface area contributed by atoms with Crippen molar-refractivity contribution in [1.82, 2.24) is 0 Å². The van der Waals surface area contributed by atoms with Gasteiger partial charge in [0.1, 0.15) is 17.4 Å². The molecule has 1 aromatic heterocycles. The molecule has 4 nitrogen and oxygen atoms in total. The number of aliphatic carboxylic acids is 1. The molecule has 0 aliphatic rings. The summed E-state index contributed by atoms with van der Waals surface area (Å²) >= 11 is 3.32. The van der Waals surface area contributed by atoms with Gasteiger partial charge in [0, 0.05) is 12.1 Å². The topological polar surface area (TPSA) is 76.5 Å². The summed E-state index contributed by atoms with van der Waals surface area (Å²) in [7, 11) is 0. The molecular weight excluding hydrogens is 250 g/mol. The van der Waals surface area contributed by atoms with Crippen molar-refractivity contribution in [3.05, 3.63) is 21.6 Å². The highest BCUT2D eigenvalue weighted by Gasteiger charge is 2.25. The van der Waals surface area contributed by atoms with Gasteiger partial charge < -0.3 is 15.3 Å². The highest BCUT2D eigenvalue weighted by atomic mass is 79.9. The van der Waals surface area contributed by atoms with Gasteiger partial charge in [-0.05, 0) is 29.8 Å². The van der Waals surface area contributed by atoms with Crippen LogP contribution in [0.25, 0.3) is 0 Å². The summed E-state index contributed by atoms with van der Waals surface area (Å²) < 4.78 is 6.16. The van der Waals surface area contributed by atoms with Crippen molar-refractivity contribution in [2.75, 3.05) is 6.54 Å². The number of carboxylic acid groups (broad SMARTS) is 1. The predicted molar refractivity (Wildman–Crippen MR) is 55.3 cm³/mol. The van der Waals surface area contributed by atoms with Crippen LogP contribution in [0.4, 0.5) is 0 Å². The quantitative estimate of drug-likeness (QED) is 0.870. The van der Waals surface area contributed by atoms with Crippen LogP contribution in [0.2, 0.25) is 0 Å². The number of hydrogen-bond donors (Lipinski definition) is 2. The van der Waals surface area contributed by atoms with Gasteiger partial charge in [0.25, 0.3) is 0 Å². The Bertz CT molecular complexity index is 359. The number of rotatable bonds is 3. The lowest BCUT2D eigenvalue weighted by molar-refractivity contribution is -0.138. The van der Waals surface area contributed by atoms with Crippen LogP contribution in [0.3, 0.4) is 0 Å². The molecule has 5 heteroatoms. The predicted octanol–water partition coefficient (Wildman–Crippen LogP) is 1.79. The molecule has 0 radical (unpaired) electrons. The maximum Gasteiger partial charge on any atom is 0.315 e. The van der Waals surface area contributed by atoms with Gasteiger partial charge in [-0.2, -0.15) is 0 Å². The number of carboxylic acids is 1. The zero-order valence-corrected chi connectivity index (χ0v) is 9.59. The van der Waals surface area contributed by atoms with Crippen LogP contribution in [-0.4, -0.2) is 17.6 Å². The summed E-state index contributed by atoms with van der Waals surface area (Å²) in [5.74, 6) is -0.613. The van der Waals surface area contributed by atoms with Gasteiger partial charge in [-0.15, -0.1) is 0 Å². The first-order chi connectivity index (χ1) is 6.49. The molecule has 1 unspecified atom stereocenters. The zero-order valence-electron chi connectivity index (χ0n) is 8.00. The lowest BCUT2D eigenvalue weighted by Crippen LogP contribution is -2.21. The first-order valence-electron chi connectivity index (χ1n) is 4.17. The van der Waals surface area contributed by atoms with Crippen molar-refractivity contribution in [2.45, 2.75) is 19.8 Å². The average Bonchev–Trinajstić information content (AvgIpc) is 2.35. The van der Waals surface area contributed by atoms with E-state index in [2.05, 4.69) is 15.9 Å². The van der Waals surface area contributed by atoms with Crippen molar-refractivity contribution in [2.24, 2.45) is 5.73 Å². The van der Waals surface area contributed by atoms with Gasteiger partial charge in [0.05, 0.1) is 4.47 Å². The van der Waals surface area contributed by atoms with Crippen molar-refractivity contribution in [1.29, 1.82) is 0 Å². The van der Waals surface area contributed by atoms with Crippen molar-refractivity contribution >= 4 is 21.9 Å². The lowest BCUT2D eigenvalue weighted by Gasteiger charge is -2.06. The number of furan rings is 1. The lowest BCUT2D eigenvalue weighted by atomic mass is 10.0. The molecule has 0 aliphatic heterocycles. The average molecular weight is 262 g/mol. The second kappa shape index (κ2) is 4.14. The third-order valence-electron chi connectivity index (χ3n) is 2.12. The molecule has 0 spiro atoms. The third-order valence-corrected chi connectivity index (χ3v) is 3.27. The van der Waals surface area contributed by atoms with Crippen molar-refractivity contribution in [3.63, 3.8) is 0 Å². The molecule has 1 heterocycles. The van der Waals surface area contributed by atoms with E-state index < -0.39 is 11.9 Å². The van der Waals surface area contributed by atoms with E-state index in [1.54, 1.807) is 6.92 Å². The van der Waals surface area contributed by atoms with Crippen LogP contribution in [0, 0.1) is 13.8 Å². The summed E-state index contributed by atoms with van der Waals surface area (Å²) in [6.07, 6.45) is 0. The Hall–Kier alpha value is -0.810. The molecule has 1 rings (SSSR count). The monoisotopic (exact) mass is 261 g/mol. The molecule has 0 fully saturated rings. The van der Waals surface area contributed by atoms with Crippen LogP contribution < -0.4 is 5.73 Å². The van der Waals surface area contributed by atoms with E-state index in [0.29, 0.717) is 11.5 Å². The van der Waals surface area contributed by atoms with Crippen LogP contribution in [0.5, 0.6) is 0 Å². The highest BCUT2D eigenvalue weighted by Crippen LogP contribution is 2.31. The van der Waals surface area contributed by atoms with E-state index in [-0.39, 0.29) is 6.54 Å². The molecule has 1 aromatic rings. The second-order valence-corrected chi connectivity index (χ2v) is 3.88. The van der Waals surface area contributed by atoms with Crippen LogP contribution in [0.1, 0.15) is 23.0 Å². The van der Waals surface area contributed by atoms with E-state index in [4.69, 9.17) is 15.3 Å². The highest BCUT2D eigenvalue weighted by molar-refractivity contribution is 9.10. The summed E-state index contributed by atoms with van der Waals surface area (Å²) in [5.41, 5.74) is 6.18. The number of nitrogens with two attached hydrogens (primary N) is 1. The Morgan fingerprint density at radius 1 is 1.64 bits per heavy atom. The molecule has 14 heavy (non-hydrogen) atoms. The molecule has 0 aliphatic carbocycles. The Morgan fingerprint density at radius 3 is 2.50 bits per heavy atom. The Balaban J connectivity index is 3.17. The summed E-state index contributed by atoms with van der Waals surface area (Å²) in [5, 5.41) is 8.90. The van der Waals surface area contributed by atoms with Crippen LogP contribution in [0.15, 0.2) is 8.89 Å². The molecule has 0 amide bonds. The molecule has 0 bridgehead atoms. The smallest absolute Gasteiger partial charge is 0.315 e. The largest absolute Gasteiger partial charge is 0.481 e. The standard InChI is InChI=1S/C9H12BrNO3/c1-4-7(10)5(2)14-8(4)6(3-11)9(12)13/h6H,3,11H2,1-2H3,(H,12,13). The van der Waals surface area contributed by atoms with E-state index in [1.807, 2.05) is 6.92 Å². The number of aryl methyl sites for hydroxylation is 1.